The van der Waals surface area contributed by atoms with Crippen molar-refractivity contribution in [2.45, 2.75) is 12.8 Å². The Balaban J connectivity index is 2.02. The lowest BCUT2D eigenvalue weighted by Crippen LogP contribution is -2.41. The molecule has 2 amide bonds. The lowest BCUT2D eigenvalue weighted by molar-refractivity contribution is -0.124. The molecule has 0 radical (unpaired) electrons. The molecule has 1 fully saturated rings. The molecule has 1 aliphatic rings. The second kappa shape index (κ2) is 6.94. The van der Waals surface area contributed by atoms with E-state index >= 15 is 0 Å². The molecule has 0 spiro atoms. The number of rotatable bonds is 3. The second-order valence-corrected chi connectivity index (χ2v) is 4.74. The number of pyridine rings is 1. The van der Waals surface area contributed by atoms with Crippen LogP contribution in [0, 0.1) is 5.92 Å². The third-order valence-corrected chi connectivity index (χ3v) is 3.32. The van der Waals surface area contributed by atoms with Gasteiger partial charge in [-0.1, -0.05) is 6.07 Å². The first-order chi connectivity index (χ1) is 10.1. The summed E-state index contributed by atoms with van der Waals surface area (Å²) in [7, 11) is 1.23. The third kappa shape index (κ3) is 3.85. The number of hydrogen-bond acceptors (Lipinski definition) is 6. The van der Waals surface area contributed by atoms with Gasteiger partial charge in [0.1, 0.15) is 11.4 Å². The number of piperidine rings is 1. The van der Waals surface area contributed by atoms with E-state index in [-0.39, 0.29) is 23.2 Å². The van der Waals surface area contributed by atoms with E-state index in [9.17, 15) is 14.4 Å². The van der Waals surface area contributed by atoms with Crippen molar-refractivity contribution in [1.82, 2.24) is 15.6 Å². The summed E-state index contributed by atoms with van der Waals surface area (Å²) in [5, 5.41) is 5.48. The fraction of sp³-hybridized carbons (Fsp3) is 0.429. The number of ether oxygens (including phenoxy) is 1. The number of nitrogens with one attached hydrogen (secondary N) is 2. The summed E-state index contributed by atoms with van der Waals surface area (Å²) in [5.41, 5.74) is 0.0413. The van der Waals surface area contributed by atoms with Crippen LogP contribution in [-0.4, -0.2) is 43.0 Å². The van der Waals surface area contributed by atoms with Crippen molar-refractivity contribution < 1.29 is 19.1 Å². The van der Waals surface area contributed by atoms with Crippen LogP contribution in [0.4, 0.5) is 0 Å². The fourth-order valence-electron chi connectivity index (χ4n) is 2.14. The zero-order valence-electron chi connectivity index (χ0n) is 11.7. The Labute approximate surface area is 122 Å². The summed E-state index contributed by atoms with van der Waals surface area (Å²) < 4.78 is 4.54. The molecule has 2 heterocycles. The van der Waals surface area contributed by atoms with Gasteiger partial charge in [0.25, 0.3) is 5.91 Å². The van der Waals surface area contributed by atoms with Crippen LogP contribution in [0.3, 0.4) is 0 Å². The van der Waals surface area contributed by atoms with Gasteiger partial charge in [0, 0.05) is 5.92 Å². The van der Waals surface area contributed by atoms with E-state index in [2.05, 4.69) is 20.4 Å². The molecule has 112 valence electrons. The molecule has 1 aliphatic heterocycles. The lowest BCUT2D eigenvalue weighted by atomic mass is 9.97. The monoisotopic (exact) mass is 291 g/mol. The summed E-state index contributed by atoms with van der Waals surface area (Å²) in [6, 6.07) is 4.40. The Morgan fingerprint density at radius 2 is 1.90 bits per heavy atom. The van der Waals surface area contributed by atoms with Crippen molar-refractivity contribution in [3.05, 3.63) is 29.6 Å². The van der Waals surface area contributed by atoms with Crippen molar-refractivity contribution in [2.24, 2.45) is 5.92 Å². The predicted molar refractivity (Wildman–Crippen MR) is 73.6 cm³/mol. The first kappa shape index (κ1) is 15.1. The molecule has 0 aliphatic carbocycles. The number of carbonyl (C=O) groups is 3. The smallest absolute Gasteiger partial charge is 0.356 e. The molecule has 2 N–H and O–H groups in total. The topological polar surface area (TPSA) is 97.4 Å². The molecule has 7 nitrogen and oxygen atoms in total. The number of amides is 2. The highest BCUT2D eigenvalue weighted by molar-refractivity contribution is 6.04. The Bertz CT molecular complexity index is 553. The van der Waals surface area contributed by atoms with Gasteiger partial charge >= 0.3 is 5.97 Å². The van der Waals surface area contributed by atoms with E-state index < -0.39 is 11.9 Å². The number of nitrogens with zero attached hydrogens (tertiary/aromatic N) is 1. The fourth-order valence-corrected chi connectivity index (χ4v) is 2.14. The van der Waals surface area contributed by atoms with E-state index in [1.54, 1.807) is 0 Å². The van der Waals surface area contributed by atoms with Gasteiger partial charge in [-0.2, -0.15) is 0 Å². The minimum absolute atomic E-state index is 0.0141. The molecule has 0 saturated carbocycles. The SMILES string of the molecule is COC(=O)c1cccc(C(=O)NC(=O)C2CCNCC2)n1. The Morgan fingerprint density at radius 1 is 1.24 bits per heavy atom. The predicted octanol–water partition coefficient (Wildman–Crippen LogP) is 0.124. The standard InChI is InChI=1S/C14H17N3O4/c1-21-14(20)11-4-2-3-10(16-11)13(19)17-12(18)9-5-7-15-8-6-9/h2-4,9,15H,5-8H2,1H3,(H,17,18,19). The average Bonchev–Trinajstić information content (AvgIpc) is 2.55. The third-order valence-electron chi connectivity index (χ3n) is 3.32. The summed E-state index contributed by atoms with van der Waals surface area (Å²) in [6.07, 6.45) is 1.41. The van der Waals surface area contributed by atoms with Crippen LogP contribution in [0.15, 0.2) is 18.2 Å². The molecule has 0 bridgehead atoms. The van der Waals surface area contributed by atoms with E-state index in [0.717, 1.165) is 13.1 Å². The quantitative estimate of drug-likeness (QED) is 0.606. The van der Waals surface area contributed by atoms with Crippen LogP contribution < -0.4 is 10.6 Å². The minimum atomic E-state index is -0.630. The Kier molecular flexibility index (Phi) is 4.99. The first-order valence-electron chi connectivity index (χ1n) is 6.73. The van der Waals surface area contributed by atoms with Crippen molar-refractivity contribution in [3.63, 3.8) is 0 Å². The summed E-state index contributed by atoms with van der Waals surface area (Å²) in [6.45, 7) is 1.53. The van der Waals surface area contributed by atoms with Crippen LogP contribution in [-0.2, 0) is 9.53 Å². The van der Waals surface area contributed by atoms with E-state index in [1.807, 2.05) is 0 Å². The second-order valence-electron chi connectivity index (χ2n) is 4.74. The van der Waals surface area contributed by atoms with Gasteiger partial charge in [-0.3, -0.25) is 14.9 Å². The molecule has 0 unspecified atom stereocenters. The number of imide groups is 1. The van der Waals surface area contributed by atoms with Crippen LogP contribution >= 0.6 is 0 Å². The zero-order valence-corrected chi connectivity index (χ0v) is 11.7. The average molecular weight is 291 g/mol. The number of aromatic nitrogens is 1. The maximum Gasteiger partial charge on any atom is 0.356 e. The van der Waals surface area contributed by atoms with Crippen LogP contribution in [0.25, 0.3) is 0 Å². The maximum absolute atomic E-state index is 12.0. The van der Waals surface area contributed by atoms with Gasteiger partial charge in [-0.25, -0.2) is 9.78 Å². The molecular weight excluding hydrogens is 274 g/mol. The molecule has 7 heteroatoms. The summed E-state index contributed by atoms with van der Waals surface area (Å²) >= 11 is 0. The van der Waals surface area contributed by atoms with Crippen LogP contribution in [0.1, 0.15) is 33.8 Å². The van der Waals surface area contributed by atoms with Gasteiger partial charge in [-0.15, -0.1) is 0 Å². The highest BCUT2D eigenvalue weighted by Crippen LogP contribution is 2.11. The van der Waals surface area contributed by atoms with Crippen molar-refractivity contribution in [3.8, 4) is 0 Å². The maximum atomic E-state index is 12.0. The van der Waals surface area contributed by atoms with Crippen molar-refractivity contribution in [2.75, 3.05) is 20.2 Å². The molecule has 1 aromatic heterocycles. The number of carbonyl (C=O) groups excluding carboxylic acids is 3. The number of hydrogen-bond donors (Lipinski definition) is 2. The normalized spacial score (nSPS) is 15.3. The van der Waals surface area contributed by atoms with Gasteiger partial charge in [0.15, 0.2) is 0 Å². The number of esters is 1. The zero-order chi connectivity index (χ0) is 15.2. The molecule has 1 saturated heterocycles. The highest BCUT2D eigenvalue weighted by Gasteiger charge is 2.23. The van der Waals surface area contributed by atoms with E-state index in [1.165, 1.54) is 25.3 Å². The van der Waals surface area contributed by atoms with Crippen LogP contribution in [0.5, 0.6) is 0 Å². The highest BCUT2D eigenvalue weighted by atomic mass is 16.5. The van der Waals surface area contributed by atoms with Gasteiger partial charge in [0.2, 0.25) is 5.91 Å². The minimum Gasteiger partial charge on any atom is -0.464 e. The van der Waals surface area contributed by atoms with Crippen molar-refractivity contribution in [1.29, 1.82) is 0 Å². The molecule has 21 heavy (non-hydrogen) atoms. The number of methoxy groups -OCH3 is 1. The summed E-state index contributed by atoms with van der Waals surface area (Å²) in [4.78, 5) is 39.2. The molecular formula is C14H17N3O4. The largest absolute Gasteiger partial charge is 0.464 e. The van der Waals surface area contributed by atoms with Gasteiger partial charge in [-0.05, 0) is 38.1 Å². The van der Waals surface area contributed by atoms with E-state index in [0.29, 0.717) is 12.8 Å². The van der Waals surface area contributed by atoms with Crippen LogP contribution in [0.2, 0.25) is 0 Å². The van der Waals surface area contributed by atoms with Gasteiger partial charge in [0.05, 0.1) is 7.11 Å². The summed E-state index contributed by atoms with van der Waals surface area (Å²) in [5.74, 6) is -1.70. The molecule has 0 aromatic carbocycles. The lowest BCUT2D eigenvalue weighted by Gasteiger charge is -2.21. The molecule has 1 aromatic rings. The molecule has 0 atom stereocenters. The Morgan fingerprint density at radius 3 is 2.57 bits per heavy atom. The Hall–Kier alpha value is -2.28. The van der Waals surface area contributed by atoms with Gasteiger partial charge < -0.3 is 10.1 Å². The van der Waals surface area contributed by atoms with E-state index in [4.69, 9.17) is 0 Å². The van der Waals surface area contributed by atoms with Crippen molar-refractivity contribution >= 4 is 17.8 Å². The first-order valence-corrected chi connectivity index (χ1v) is 6.73. The molecule has 2 rings (SSSR count).